The number of anilines is 1. The third-order valence-electron chi connectivity index (χ3n) is 5.76. The Morgan fingerprint density at radius 1 is 1.03 bits per heavy atom. The van der Waals surface area contributed by atoms with Gasteiger partial charge < -0.3 is 5.32 Å². The molecule has 0 bridgehead atoms. The van der Waals surface area contributed by atoms with Gasteiger partial charge in [-0.2, -0.15) is 0 Å². The van der Waals surface area contributed by atoms with Crippen LogP contribution < -0.4 is 5.32 Å². The van der Waals surface area contributed by atoms with E-state index in [1.54, 1.807) is 17.7 Å². The number of rotatable bonds is 7. The summed E-state index contributed by atoms with van der Waals surface area (Å²) >= 11 is 3.08. The summed E-state index contributed by atoms with van der Waals surface area (Å²) in [5.41, 5.74) is 8.11. The minimum Gasteiger partial charge on any atom is -0.325 e. The normalized spacial score (nSPS) is 11.1. The maximum atomic E-state index is 12.9. The molecule has 2 aromatic carbocycles. The molecule has 1 amide bonds. The van der Waals surface area contributed by atoms with Crippen molar-refractivity contribution < 1.29 is 4.79 Å². The molecule has 32 heavy (non-hydrogen) atoms. The number of amides is 1. The number of thioether (sulfide) groups is 1. The maximum absolute atomic E-state index is 12.9. The molecule has 0 spiro atoms. The number of hydrogen-bond acceptors (Lipinski definition) is 5. The van der Waals surface area contributed by atoms with E-state index in [-0.39, 0.29) is 5.91 Å². The van der Waals surface area contributed by atoms with Crippen molar-refractivity contribution in [2.24, 2.45) is 0 Å². The Bertz CT molecular complexity index is 1260. The molecule has 164 valence electrons. The molecule has 0 radical (unpaired) electrons. The van der Waals surface area contributed by atoms with Crippen LogP contribution in [0.5, 0.6) is 0 Å². The van der Waals surface area contributed by atoms with Crippen LogP contribution in [0.4, 0.5) is 5.69 Å². The van der Waals surface area contributed by atoms with Gasteiger partial charge >= 0.3 is 0 Å². The number of aromatic nitrogens is 2. The summed E-state index contributed by atoms with van der Waals surface area (Å²) in [5.74, 6) is 0.288. The van der Waals surface area contributed by atoms with E-state index < -0.39 is 0 Å². The summed E-state index contributed by atoms with van der Waals surface area (Å²) in [6.45, 7) is 8.47. The number of hydrogen-bond donors (Lipinski definition) is 1. The van der Waals surface area contributed by atoms with Gasteiger partial charge in [-0.05, 0) is 54.5 Å². The summed E-state index contributed by atoms with van der Waals surface area (Å²) in [6, 6.07) is 12.7. The van der Waals surface area contributed by atoms with Gasteiger partial charge in [0.1, 0.15) is 16.2 Å². The predicted octanol–water partition coefficient (Wildman–Crippen LogP) is 6.83. The highest BCUT2D eigenvalue weighted by Crippen LogP contribution is 2.38. The Morgan fingerprint density at radius 2 is 1.78 bits per heavy atom. The second-order valence-electron chi connectivity index (χ2n) is 7.80. The van der Waals surface area contributed by atoms with Crippen LogP contribution in [0.2, 0.25) is 0 Å². The van der Waals surface area contributed by atoms with E-state index in [1.807, 2.05) is 0 Å². The standard InChI is InChI=1S/C26H27N3OS2/c1-5-18-8-7-9-19(6-2)24(18)29-22(30)14-32-26-23-21(13-31-25(23)27-15-28-26)20-11-10-16(3)17(4)12-20/h7-13,15H,5-6,14H2,1-4H3,(H,29,30). The van der Waals surface area contributed by atoms with Crippen LogP contribution in [0, 0.1) is 13.8 Å². The second-order valence-corrected chi connectivity index (χ2v) is 9.62. The van der Waals surface area contributed by atoms with E-state index in [0.29, 0.717) is 5.75 Å². The molecular weight excluding hydrogens is 434 g/mol. The van der Waals surface area contributed by atoms with Gasteiger partial charge in [-0.15, -0.1) is 11.3 Å². The molecule has 0 aliphatic rings. The van der Waals surface area contributed by atoms with Crippen molar-refractivity contribution in [1.82, 2.24) is 9.97 Å². The zero-order valence-electron chi connectivity index (χ0n) is 18.9. The lowest BCUT2D eigenvalue weighted by Crippen LogP contribution is -2.16. The Balaban J connectivity index is 1.59. The molecule has 2 aromatic heterocycles. The van der Waals surface area contributed by atoms with Crippen molar-refractivity contribution in [2.45, 2.75) is 45.6 Å². The molecular formula is C26H27N3OS2. The average molecular weight is 462 g/mol. The monoisotopic (exact) mass is 461 g/mol. The molecule has 0 saturated heterocycles. The molecule has 4 nitrogen and oxygen atoms in total. The fourth-order valence-corrected chi connectivity index (χ4v) is 5.58. The number of carbonyl (C=O) groups is 1. The van der Waals surface area contributed by atoms with Gasteiger partial charge in [0.05, 0.1) is 11.1 Å². The van der Waals surface area contributed by atoms with Crippen molar-refractivity contribution in [3.8, 4) is 11.1 Å². The van der Waals surface area contributed by atoms with E-state index >= 15 is 0 Å². The number of carbonyl (C=O) groups excluding carboxylic acids is 1. The van der Waals surface area contributed by atoms with E-state index in [0.717, 1.165) is 44.9 Å². The van der Waals surface area contributed by atoms with E-state index in [9.17, 15) is 4.79 Å². The van der Waals surface area contributed by atoms with Crippen molar-refractivity contribution in [3.05, 3.63) is 70.4 Å². The van der Waals surface area contributed by atoms with Crippen LogP contribution in [0.3, 0.4) is 0 Å². The highest BCUT2D eigenvalue weighted by atomic mass is 32.2. The first-order valence-corrected chi connectivity index (χ1v) is 12.7. The van der Waals surface area contributed by atoms with E-state index in [4.69, 9.17) is 0 Å². The largest absolute Gasteiger partial charge is 0.325 e. The average Bonchev–Trinajstić information content (AvgIpc) is 3.24. The number of para-hydroxylation sites is 1. The van der Waals surface area contributed by atoms with Gasteiger partial charge in [-0.25, -0.2) is 9.97 Å². The number of thiophene rings is 1. The van der Waals surface area contributed by atoms with Gasteiger partial charge in [-0.1, -0.05) is 62.0 Å². The number of benzene rings is 2. The first-order chi connectivity index (χ1) is 15.5. The Hall–Kier alpha value is -2.70. The van der Waals surface area contributed by atoms with Gasteiger partial charge in [0, 0.05) is 16.6 Å². The predicted molar refractivity (Wildman–Crippen MR) is 137 cm³/mol. The summed E-state index contributed by atoms with van der Waals surface area (Å²) < 4.78 is 0. The molecule has 6 heteroatoms. The highest BCUT2D eigenvalue weighted by molar-refractivity contribution is 8.00. The van der Waals surface area contributed by atoms with Crippen molar-refractivity contribution >= 4 is 44.9 Å². The van der Waals surface area contributed by atoms with Gasteiger partial charge in [-0.3, -0.25) is 4.79 Å². The van der Waals surface area contributed by atoms with Crippen molar-refractivity contribution in [2.75, 3.05) is 11.1 Å². The van der Waals surface area contributed by atoms with Gasteiger partial charge in [0.25, 0.3) is 0 Å². The zero-order valence-corrected chi connectivity index (χ0v) is 20.5. The minimum absolute atomic E-state index is 0.0136. The summed E-state index contributed by atoms with van der Waals surface area (Å²) in [6.07, 6.45) is 3.36. The molecule has 0 saturated carbocycles. The van der Waals surface area contributed by atoms with Gasteiger partial charge in [0.15, 0.2) is 0 Å². The fourth-order valence-electron chi connectivity index (χ4n) is 3.79. The first kappa shape index (κ1) is 22.5. The maximum Gasteiger partial charge on any atom is 0.234 e. The van der Waals surface area contributed by atoms with E-state index in [1.165, 1.54) is 34.0 Å². The van der Waals surface area contributed by atoms with Crippen LogP contribution in [-0.4, -0.2) is 21.6 Å². The third-order valence-corrected chi connectivity index (χ3v) is 7.63. The summed E-state index contributed by atoms with van der Waals surface area (Å²) in [7, 11) is 0. The Kier molecular flexibility index (Phi) is 6.92. The molecule has 4 aromatic rings. The summed E-state index contributed by atoms with van der Waals surface area (Å²) in [4.78, 5) is 22.8. The van der Waals surface area contributed by atoms with Crippen LogP contribution in [0.1, 0.15) is 36.1 Å². The Morgan fingerprint density at radius 3 is 2.47 bits per heavy atom. The zero-order chi connectivity index (χ0) is 22.7. The SMILES string of the molecule is CCc1cccc(CC)c1NC(=O)CSc1ncnc2scc(-c3ccc(C)c(C)c3)c12. The molecule has 0 aliphatic heterocycles. The second kappa shape index (κ2) is 9.84. The third kappa shape index (κ3) is 4.57. The smallest absolute Gasteiger partial charge is 0.234 e. The molecule has 0 unspecified atom stereocenters. The number of nitrogens with zero attached hydrogens (tertiary/aromatic N) is 2. The highest BCUT2D eigenvalue weighted by Gasteiger charge is 2.16. The minimum atomic E-state index is -0.0136. The molecule has 1 N–H and O–H groups in total. The van der Waals surface area contributed by atoms with E-state index in [2.05, 4.69) is 84.8 Å². The molecule has 4 rings (SSSR count). The van der Waals surface area contributed by atoms with Crippen LogP contribution in [0.25, 0.3) is 21.3 Å². The molecule has 2 heterocycles. The lowest BCUT2D eigenvalue weighted by Gasteiger charge is -2.14. The van der Waals surface area contributed by atoms with Crippen LogP contribution in [0.15, 0.2) is 53.1 Å². The van der Waals surface area contributed by atoms with Crippen molar-refractivity contribution in [3.63, 3.8) is 0 Å². The lowest BCUT2D eigenvalue weighted by atomic mass is 10.0. The fraction of sp³-hybridized carbons (Fsp3) is 0.269. The first-order valence-electron chi connectivity index (χ1n) is 10.8. The Labute approximate surface area is 197 Å². The number of nitrogens with one attached hydrogen (secondary N) is 1. The molecule has 0 aliphatic carbocycles. The number of fused-ring (bicyclic) bond motifs is 1. The number of aryl methyl sites for hydroxylation is 4. The van der Waals surface area contributed by atoms with Gasteiger partial charge in [0.2, 0.25) is 5.91 Å². The van der Waals surface area contributed by atoms with Crippen LogP contribution in [-0.2, 0) is 17.6 Å². The van der Waals surface area contributed by atoms with Crippen LogP contribution >= 0.6 is 23.1 Å². The van der Waals surface area contributed by atoms with Crippen molar-refractivity contribution in [1.29, 1.82) is 0 Å². The molecule has 0 fully saturated rings. The summed E-state index contributed by atoms with van der Waals surface area (Å²) in [5, 5.41) is 7.17. The topological polar surface area (TPSA) is 54.9 Å². The quantitative estimate of drug-likeness (QED) is 0.242. The lowest BCUT2D eigenvalue weighted by molar-refractivity contribution is -0.113. The molecule has 0 atom stereocenters.